The second kappa shape index (κ2) is 5.58. The summed E-state index contributed by atoms with van der Waals surface area (Å²) in [5.74, 6) is -0.0532. The molecule has 0 spiro atoms. The third-order valence-corrected chi connectivity index (χ3v) is 2.13. The van der Waals surface area contributed by atoms with Crippen molar-refractivity contribution in [2.45, 2.75) is 11.9 Å². The van der Waals surface area contributed by atoms with E-state index in [1.807, 2.05) is 12.1 Å². The molecule has 0 radical (unpaired) electrons. The van der Waals surface area contributed by atoms with Crippen LogP contribution in [0, 0.1) is 0 Å². The van der Waals surface area contributed by atoms with Crippen LogP contribution in [0.25, 0.3) is 0 Å². The topological polar surface area (TPSA) is 72.5 Å². The van der Waals surface area contributed by atoms with E-state index in [0.717, 1.165) is 5.56 Å². The van der Waals surface area contributed by atoms with Gasteiger partial charge in [0.2, 0.25) is 0 Å². The number of alkyl halides is 1. The van der Waals surface area contributed by atoms with Crippen LogP contribution in [0.15, 0.2) is 24.3 Å². The Morgan fingerprint density at radius 1 is 1.47 bits per heavy atom. The first-order valence-corrected chi connectivity index (χ1v) is 4.93. The van der Waals surface area contributed by atoms with E-state index in [4.69, 9.17) is 27.2 Å². The number of ether oxygens (including phenoxy) is 1. The molecule has 5 heteroatoms. The zero-order valence-corrected chi connectivity index (χ0v) is 8.78. The van der Waals surface area contributed by atoms with Gasteiger partial charge >= 0.3 is 5.97 Å². The number of rotatable bonds is 5. The predicted octanol–water partition coefficient (Wildman–Crippen LogP) is 1.22. The monoisotopic (exact) mass is 229 g/mol. The first-order valence-electron chi connectivity index (χ1n) is 4.39. The minimum Gasteiger partial charge on any atom is -0.491 e. The van der Waals surface area contributed by atoms with Crippen LogP contribution in [-0.4, -0.2) is 23.7 Å². The van der Waals surface area contributed by atoms with Crippen molar-refractivity contribution >= 4 is 17.6 Å². The Hall–Kier alpha value is -1.26. The third-order valence-electron chi connectivity index (χ3n) is 1.82. The van der Waals surface area contributed by atoms with Crippen molar-refractivity contribution in [2.24, 2.45) is 5.73 Å². The molecule has 1 rings (SSSR count). The van der Waals surface area contributed by atoms with Gasteiger partial charge < -0.3 is 15.6 Å². The van der Waals surface area contributed by atoms with Gasteiger partial charge in [-0.2, -0.15) is 0 Å². The number of halogens is 1. The first kappa shape index (κ1) is 11.8. The first-order chi connectivity index (χ1) is 7.13. The smallest absolute Gasteiger partial charge is 0.324 e. The molecule has 1 aromatic carbocycles. The molecule has 0 aliphatic rings. The molecule has 1 aromatic rings. The lowest BCUT2D eigenvalue weighted by Gasteiger charge is -2.09. The third kappa shape index (κ3) is 3.77. The molecular weight excluding hydrogens is 218 g/mol. The second-order valence-electron chi connectivity index (χ2n) is 3.03. The maximum Gasteiger partial charge on any atom is 0.324 e. The summed E-state index contributed by atoms with van der Waals surface area (Å²) in [6.45, 7) is -0.0461. The van der Waals surface area contributed by atoms with Crippen LogP contribution in [0.1, 0.15) is 5.56 Å². The quantitative estimate of drug-likeness (QED) is 0.745. The van der Waals surface area contributed by atoms with E-state index in [1.54, 1.807) is 12.1 Å². The van der Waals surface area contributed by atoms with Crippen molar-refractivity contribution in [3.05, 3.63) is 29.8 Å². The molecule has 0 amide bonds. The molecule has 0 fully saturated rings. The summed E-state index contributed by atoms with van der Waals surface area (Å²) in [6.07, 6.45) is 0. The lowest BCUT2D eigenvalue weighted by Crippen LogP contribution is -2.36. The molecule has 0 aliphatic heterocycles. The highest BCUT2D eigenvalue weighted by atomic mass is 35.5. The molecular formula is C10H12ClNO3. The lowest BCUT2D eigenvalue weighted by atomic mass is 10.2. The largest absolute Gasteiger partial charge is 0.491 e. The fourth-order valence-corrected chi connectivity index (χ4v) is 1.11. The molecule has 0 aliphatic carbocycles. The van der Waals surface area contributed by atoms with Crippen molar-refractivity contribution < 1.29 is 14.6 Å². The lowest BCUT2D eigenvalue weighted by molar-refractivity contribution is -0.139. The number of aliphatic carboxylic acids is 1. The van der Waals surface area contributed by atoms with E-state index in [1.165, 1.54) is 0 Å². The molecule has 4 nitrogen and oxygen atoms in total. The second-order valence-corrected chi connectivity index (χ2v) is 3.30. The maximum atomic E-state index is 10.4. The Morgan fingerprint density at radius 3 is 2.53 bits per heavy atom. The van der Waals surface area contributed by atoms with Gasteiger partial charge in [0, 0.05) is 5.88 Å². The molecule has 3 N–H and O–H groups in total. The standard InChI is InChI=1S/C10H12ClNO3/c11-5-7-1-3-8(4-2-7)15-6-9(12)10(13)14/h1-4,9H,5-6,12H2,(H,13,14)/t9-/m0/s1. The Balaban J connectivity index is 2.47. The molecule has 0 saturated heterocycles. The Kier molecular flexibility index (Phi) is 4.39. The minimum absolute atomic E-state index is 0.0461. The van der Waals surface area contributed by atoms with Crippen molar-refractivity contribution in [1.29, 1.82) is 0 Å². The van der Waals surface area contributed by atoms with Crippen LogP contribution in [0.3, 0.4) is 0 Å². The Bertz CT molecular complexity index is 326. The van der Waals surface area contributed by atoms with Gasteiger partial charge in [-0.3, -0.25) is 4.79 Å². The summed E-state index contributed by atoms with van der Waals surface area (Å²) in [7, 11) is 0. The fourth-order valence-electron chi connectivity index (χ4n) is 0.932. The minimum atomic E-state index is -1.08. The van der Waals surface area contributed by atoms with Crippen molar-refractivity contribution in [3.63, 3.8) is 0 Å². The summed E-state index contributed by atoms with van der Waals surface area (Å²) >= 11 is 5.61. The average molecular weight is 230 g/mol. The van der Waals surface area contributed by atoms with Gasteiger partial charge in [0.05, 0.1) is 0 Å². The summed E-state index contributed by atoms with van der Waals surface area (Å²) in [6, 6.07) is 6.08. The van der Waals surface area contributed by atoms with Gasteiger partial charge in [0.15, 0.2) is 0 Å². The molecule has 1 atom stereocenters. The van der Waals surface area contributed by atoms with E-state index < -0.39 is 12.0 Å². The van der Waals surface area contributed by atoms with Crippen LogP contribution < -0.4 is 10.5 Å². The van der Waals surface area contributed by atoms with Gasteiger partial charge in [0.1, 0.15) is 18.4 Å². The van der Waals surface area contributed by atoms with Gasteiger partial charge in [-0.1, -0.05) is 12.1 Å². The van der Waals surface area contributed by atoms with Crippen molar-refractivity contribution in [2.75, 3.05) is 6.61 Å². The highest BCUT2D eigenvalue weighted by molar-refractivity contribution is 6.17. The number of carboxylic acid groups (broad SMARTS) is 1. The predicted molar refractivity (Wildman–Crippen MR) is 57.1 cm³/mol. The number of carboxylic acids is 1. The van der Waals surface area contributed by atoms with Crippen molar-refractivity contribution in [1.82, 2.24) is 0 Å². The summed E-state index contributed by atoms with van der Waals surface area (Å²) in [4.78, 5) is 10.4. The van der Waals surface area contributed by atoms with Crippen LogP contribution in [0.4, 0.5) is 0 Å². The fraction of sp³-hybridized carbons (Fsp3) is 0.300. The summed E-state index contributed by atoms with van der Waals surface area (Å²) in [5, 5.41) is 8.52. The zero-order chi connectivity index (χ0) is 11.3. The Labute approximate surface area is 92.6 Å². The van der Waals surface area contributed by atoms with E-state index in [0.29, 0.717) is 11.6 Å². The molecule has 0 saturated carbocycles. The summed E-state index contributed by atoms with van der Waals surface area (Å²) < 4.78 is 5.18. The average Bonchev–Trinajstić information content (AvgIpc) is 2.26. The Morgan fingerprint density at radius 2 is 2.07 bits per heavy atom. The van der Waals surface area contributed by atoms with Crippen LogP contribution >= 0.6 is 11.6 Å². The number of carbonyl (C=O) groups is 1. The number of hydrogen-bond acceptors (Lipinski definition) is 3. The number of benzene rings is 1. The van der Waals surface area contributed by atoms with Crippen LogP contribution in [0.5, 0.6) is 5.75 Å². The van der Waals surface area contributed by atoms with Crippen LogP contribution in [0.2, 0.25) is 0 Å². The molecule has 0 bridgehead atoms. The molecule has 82 valence electrons. The van der Waals surface area contributed by atoms with E-state index in [9.17, 15) is 4.79 Å². The van der Waals surface area contributed by atoms with Gasteiger partial charge in [-0.05, 0) is 17.7 Å². The SMILES string of the molecule is N[C@@H](COc1ccc(CCl)cc1)C(=O)O. The molecule has 15 heavy (non-hydrogen) atoms. The highest BCUT2D eigenvalue weighted by Crippen LogP contribution is 2.13. The van der Waals surface area contributed by atoms with Crippen molar-refractivity contribution in [3.8, 4) is 5.75 Å². The van der Waals surface area contributed by atoms with Crippen LogP contribution in [-0.2, 0) is 10.7 Å². The normalized spacial score (nSPS) is 12.1. The zero-order valence-electron chi connectivity index (χ0n) is 8.02. The summed E-state index contributed by atoms with van der Waals surface area (Å²) in [5.41, 5.74) is 6.25. The number of hydrogen-bond donors (Lipinski definition) is 2. The van der Waals surface area contributed by atoms with Gasteiger partial charge in [0.25, 0.3) is 0 Å². The molecule has 0 unspecified atom stereocenters. The van der Waals surface area contributed by atoms with Gasteiger partial charge in [-0.25, -0.2) is 0 Å². The molecule has 0 heterocycles. The van der Waals surface area contributed by atoms with Gasteiger partial charge in [-0.15, -0.1) is 11.6 Å². The maximum absolute atomic E-state index is 10.4. The highest BCUT2D eigenvalue weighted by Gasteiger charge is 2.11. The van der Waals surface area contributed by atoms with E-state index in [-0.39, 0.29) is 6.61 Å². The number of nitrogens with two attached hydrogens (primary N) is 1. The van der Waals surface area contributed by atoms with E-state index >= 15 is 0 Å². The molecule has 0 aromatic heterocycles. The van der Waals surface area contributed by atoms with E-state index in [2.05, 4.69) is 0 Å².